The maximum Gasteiger partial charge on any atom is 0.244 e. The molecule has 9 heteroatoms. The van der Waals surface area contributed by atoms with Gasteiger partial charge < -0.3 is 0 Å². The Morgan fingerprint density at radius 3 is 2.64 bits per heavy atom. The van der Waals surface area contributed by atoms with Crippen molar-refractivity contribution < 1.29 is 13.2 Å². The van der Waals surface area contributed by atoms with Gasteiger partial charge in [0.2, 0.25) is 21.1 Å². The predicted octanol–water partition coefficient (Wildman–Crippen LogP) is 2.45. The summed E-state index contributed by atoms with van der Waals surface area (Å²) in [6.07, 6.45) is 1.14. The van der Waals surface area contributed by atoms with Gasteiger partial charge >= 0.3 is 0 Å². The van der Waals surface area contributed by atoms with Crippen LogP contribution in [0.4, 0.5) is 5.13 Å². The number of nitrogens with zero attached hydrogens (tertiary/aromatic N) is 3. The Balaban J connectivity index is 1.78. The molecule has 0 aliphatic carbocycles. The fourth-order valence-electron chi connectivity index (χ4n) is 2.72. The monoisotopic (exact) mass is 380 g/mol. The molecule has 1 fully saturated rings. The summed E-state index contributed by atoms with van der Waals surface area (Å²) in [6, 6.07) is 7.47. The lowest BCUT2D eigenvalue weighted by molar-refractivity contribution is -0.119. The van der Waals surface area contributed by atoms with Gasteiger partial charge in [-0.05, 0) is 25.0 Å². The van der Waals surface area contributed by atoms with Crippen LogP contribution in [-0.4, -0.2) is 41.4 Å². The summed E-state index contributed by atoms with van der Waals surface area (Å²) in [6.45, 7) is 4.33. The summed E-state index contributed by atoms with van der Waals surface area (Å²) >= 11 is 1.31. The Morgan fingerprint density at radius 2 is 2.00 bits per heavy atom. The summed E-state index contributed by atoms with van der Waals surface area (Å²) in [5.41, 5.74) is 0. The summed E-state index contributed by atoms with van der Waals surface area (Å²) < 4.78 is 26.9. The van der Waals surface area contributed by atoms with Crippen LogP contribution in [0.1, 0.15) is 37.6 Å². The van der Waals surface area contributed by atoms with E-state index in [9.17, 15) is 13.2 Å². The van der Waals surface area contributed by atoms with Crippen LogP contribution in [0.25, 0.3) is 0 Å². The quantitative estimate of drug-likeness (QED) is 0.860. The van der Waals surface area contributed by atoms with Crippen LogP contribution < -0.4 is 5.32 Å². The lowest BCUT2D eigenvalue weighted by Crippen LogP contribution is -2.43. The Hall–Kier alpha value is -1.84. The fraction of sp³-hybridized carbons (Fsp3) is 0.438. The number of aromatic nitrogens is 2. The second kappa shape index (κ2) is 7.19. The molecular weight excluding hydrogens is 360 g/mol. The van der Waals surface area contributed by atoms with E-state index in [1.54, 1.807) is 30.3 Å². The first-order valence-corrected chi connectivity index (χ1v) is 10.4. The van der Waals surface area contributed by atoms with Gasteiger partial charge in [0.15, 0.2) is 0 Å². The van der Waals surface area contributed by atoms with Crippen molar-refractivity contribution in [3.8, 4) is 0 Å². The highest BCUT2D eigenvalue weighted by Crippen LogP contribution is 2.28. The molecule has 1 unspecified atom stereocenters. The van der Waals surface area contributed by atoms with E-state index in [2.05, 4.69) is 15.5 Å². The molecule has 2 heterocycles. The maximum absolute atomic E-state index is 12.8. The number of nitrogens with one attached hydrogen (secondary N) is 1. The largest absolute Gasteiger partial charge is 0.299 e. The van der Waals surface area contributed by atoms with Crippen molar-refractivity contribution >= 4 is 32.4 Å². The molecule has 1 saturated heterocycles. The molecule has 2 aromatic rings. The molecule has 0 bridgehead atoms. The van der Waals surface area contributed by atoms with Gasteiger partial charge in [-0.3, -0.25) is 10.1 Å². The first kappa shape index (κ1) is 18.0. The number of carbonyl (C=O) groups is 1. The molecule has 1 aliphatic rings. The van der Waals surface area contributed by atoms with Crippen molar-refractivity contribution in [2.75, 3.05) is 11.9 Å². The normalized spacial score (nSPS) is 18.6. The Morgan fingerprint density at radius 1 is 1.28 bits per heavy atom. The molecule has 1 atom stereocenters. The lowest BCUT2D eigenvalue weighted by atomic mass is 10.2. The number of sulfonamides is 1. The molecule has 0 spiro atoms. The second-order valence-corrected chi connectivity index (χ2v) is 9.08. The first-order chi connectivity index (χ1) is 11.9. The molecule has 0 saturated carbocycles. The van der Waals surface area contributed by atoms with Gasteiger partial charge in [0.1, 0.15) is 11.0 Å². The highest BCUT2D eigenvalue weighted by atomic mass is 32.2. The van der Waals surface area contributed by atoms with Gasteiger partial charge in [-0.25, -0.2) is 8.42 Å². The lowest BCUT2D eigenvalue weighted by Gasteiger charge is -2.22. The fourth-order valence-corrected chi connectivity index (χ4v) is 5.15. The van der Waals surface area contributed by atoms with E-state index >= 15 is 0 Å². The third kappa shape index (κ3) is 3.73. The molecule has 7 nitrogen and oxygen atoms in total. The highest BCUT2D eigenvalue weighted by Gasteiger charge is 2.39. The van der Waals surface area contributed by atoms with Crippen LogP contribution in [0.15, 0.2) is 35.2 Å². The van der Waals surface area contributed by atoms with Gasteiger partial charge in [-0.2, -0.15) is 4.31 Å². The zero-order chi connectivity index (χ0) is 18.0. The minimum Gasteiger partial charge on any atom is -0.299 e. The van der Waals surface area contributed by atoms with E-state index in [1.807, 2.05) is 13.8 Å². The third-order valence-electron chi connectivity index (χ3n) is 4.02. The van der Waals surface area contributed by atoms with Gasteiger partial charge in [0, 0.05) is 12.5 Å². The van der Waals surface area contributed by atoms with E-state index in [4.69, 9.17) is 0 Å². The van der Waals surface area contributed by atoms with E-state index in [1.165, 1.54) is 15.6 Å². The van der Waals surface area contributed by atoms with Crippen LogP contribution in [-0.2, 0) is 14.8 Å². The smallest absolute Gasteiger partial charge is 0.244 e. The number of hydrogen-bond acceptors (Lipinski definition) is 6. The molecule has 1 aromatic heterocycles. The zero-order valence-electron chi connectivity index (χ0n) is 14.0. The topological polar surface area (TPSA) is 92.3 Å². The van der Waals surface area contributed by atoms with E-state index < -0.39 is 16.1 Å². The first-order valence-electron chi connectivity index (χ1n) is 8.11. The number of rotatable bonds is 5. The Bertz CT molecular complexity index is 849. The minimum atomic E-state index is -3.69. The van der Waals surface area contributed by atoms with E-state index in [-0.39, 0.29) is 16.7 Å². The Kier molecular flexibility index (Phi) is 5.16. The van der Waals surface area contributed by atoms with Crippen molar-refractivity contribution in [1.29, 1.82) is 0 Å². The molecule has 134 valence electrons. The molecule has 1 aliphatic heterocycles. The molecule has 25 heavy (non-hydrogen) atoms. The Labute approximate surface area is 151 Å². The standard InChI is InChI=1S/C16H20N4O3S2/c1-11(2)15-18-19-16(24-15)17-14(21)13-9-6-10-20(13)25(22,23)12-7-4-3-5-8-12/h3-5,7-8,11,13H,6,9-10H2,1-2H3,(H,17,19,21). The average molecular weight is 380 g/mol. The summed E-state index contributed by atoms with van der Waals surface area (Å²) in [4.78, 5) is 12.8. The van der Waals surface area contributed by atoms with Crippen molar-refractivity contribution in [3.05, 3.63) is 35.3 Å². The van der Waals surface area contributed by atoms with Crippen molar-refractivity contribution in [2.45, 2.75) is 43.5 Å². The van der Waals surface area contributed by atoms with Gasteiger partial charge in [-0.1, -0.05) is 43.4 Å². The van der Waals surface area contributed by atoms with Gasteiger partial charge in [0.25, 0.3) is 0 Å². The number of hydrogen-bond donors (Lipinski definition) is 1. The molecular formula is C16H20N4O3S2. The van der Waals surface area contributed by atoms with E-state index in [0.29, 0.717) is 24.5 Å². The predicted molar refractivity (Wildman–Crippen MR) is 96.0 cm³/mol. The van der Waals surface area contributed by atoms with Crippen molar-refractivity contribution in [3.63, 3.8) is 0 Å². The second-order valence-electron chi connectivity index (χ2n) is 6.18. The number of anilines is 1. The van der Waals surface area contributed by atoms with Gasteiger partial charge in [0.05, 0.1) is 4.90 Å². The molecule has 1 amide bonds. The number of benzene rings is 1. The van der Waals surface area contributed by atoms with Gasteiger partial charge in [-0.15, -0.1) is 10.2 Å². The van der Waals surface area contributed by atoms with E-state index in [0.717, 1.165) is 5.01 Å². The van der Waals surface area contributed by atoms with Crippen LogP contribution in [0, 0.1) is 0 Å². The number of carbonyl (C=O) groups excluding carboxylic acids is 1. The van der Waals surface area contributed by atoms with Crippen molar-refractivity contribution in [2.24, 2.45) is 0 Å². The summed E-state index contributed by atoms with van der Waals surface area (Å²) in [5.74, 6) is -0.131. The minimum absolute atomic E-state index is 0.202. The SMILES string of the molecule is CC(C)c1nnc(NC(=O)C2CCCN2S(=O)(=O)c2ccccc2)s1. The highest BCUT2D eigenvalue weighted by molar-refractivity contribution is 7.89. The zero-order valence-corrected chi connectivity index (χ0v) is 15.7. The third-order valence-corrected chi connectivity index (χ3v) is 7.08. The summed E-state index contributed by atoms with van der Waals surface area (Å²) in [7, 11) is -3.69. The molecule has 1 N–H and O–H groups in total. The molecule has 0 radical (unpaired) electrons. The van der Waals surface area contributed by atoms with Crippen molar-refractivity contribution in [1.82, 2.24) is 14.5 Å². The maximum atomic E-state index is 12.8. The molecule has 1 aromatic carbocycles. The summed E-state index contributed by atoms with van der Waals surface area (Å²) in [5, 5.41) is 11.9. The number of amides is 1. The average Bonchev–Trinajstić information content (AvgIpc) is 3.25. The van der Waals surface area contributed by atoms with Crippen LogP contribution in [0.2, 0.25) is 0 Å². The van der Waals surface area contributed by atoms with Crippen LogP contribution in [0.3, 0.4) is 0 Å². The molecule has 3 rings (SSSR count). The van der Waals surface area contributed by atoms with Crippen LogP contribution >= 0.6 is 11.3 Å². The van der Waals surface area contributed by atoms with Crippen LogP contribution in [0.5, 0.6) is 0 Å².